The van der Waals surface area contributed by atoms with E-state index in [0.717, 1.165) is 27.9 Å². The average Bonchev–Trinajstić information content (AvgIpc) is 3.77. The number of aromatic nitrogens is 1. The van der Waals surface area contributed by atoms with Gasteiger partial charge in [0.25, 0.3) is 0 Å². The van der Waals surface area contributed by atoms with Crippen molar-refractivity contribution in [1.29, 1.82) is 0 Å². The molecule has 12 rings (SSSR count). The highest BCUT2D eigenvalue weighted by molar-refractivity contribution is 6.22. The van der Waals surface area contributed by atoms with E-state index in [1.54, 1.807) is 0 Å². The van der Waals surface area contributed by atoms with Gasteiger partial charge in [0, 0.05) is 23.3 Å². The van der Waals surface area contributed by atoms with Gasteiger partial charge >= 0.3 is 0 Å². The van der Waals surface area contributed by atoms with Crippen LogP contribution in [0, 0.1) is 0 Å². The first-order valence-electron chi connectivity index (χ1n) is 20.8. The number of hydrogen-bond donors (Lipinski definition) is 1. The topological polar surface area (TPSA) is 40.5 Å². The van der Waals surface area contributed by atoms with Crippen LogP contribution in [-0.4, -0.2) is 16.7 Å². The van der Waals surface area contributed by atoms with Crippen LogP contribution in [-0.2, 0) is 0 Å². The molecule has 2 heterocycles. The molecule has 1 aliphatic heterocycles. The van der Waals surface area contributed by atoms with Crippen molar-refractivity contribution < 1.29 is 0 Å². The number of anilines is 1. The van der Waals surface area contributed by atoms with Crippen molar-refractivity contribution in [2.75, 3.05) is 5.12 Å². The fourth-order valence-corrected chi connectivity index (χ4v) is 9.49. The minimum atomic E-state index is -0.0551. The number of pyridine rings is 1. The summed E-state index contributed by atoms with van der Waals surface area (Å²) in [4.78, 5) is 4.59. The first kappa shape index (κ1) is 35.1. The number of allylic oxidation sites excluding steroid dienone is 2. The van der Waals surface area contributed by atoms with Crippen LogP contribution in [0.3, 0.4) is 0 Å². The van der Waals surface area contributed by atoms with Crippen LogP contribution in [0.4, 0.5) is 5.69 Å². The van der Waals surface area contributed by atoms with E-state index in [4.69, 9.17) is 5.10 Å². The van der Waals surface area contributed by atoms with Crippen LogP contribution < -0.4 is 10.5 Å². The molecule has 0 saturated heterocycles. The molecule has 4 heteroatoms. The van der Waals surface area contributed by atoms with E-state index in [1.165, 1.54) is 82.2 Å². The van der Waals surface area contributed by atoms with Gasteiger partial charge in [-0.15, -0.1) is 0 Å². The van der Waals surface area contributed by atoms with E-state index in [2.05, 4.69) is 217 Å². The summed E-state index contributed by atoms with van der Waals surface area (Å²) in [5.41, 5.74) is 17.6. The Bertz CT molecular complexity index is 3430. The largest absolute Gasteiger partial charge is 0.263 e. The van der Waals surface area contributed by atoms with E-state index < -0.39 is 0 Å². The van der Waals surface area contributed by atoms with Crippen molar-refractivity contribution in [3.63, 3.8) is 0 Å². The van der Waals surface area contributed by atoms with Gasteiger partial charge in [0.1, 0.15) is 0 Å². The van der Waals surface area contributed by atoms with Gasteiger partial charge in [0.05, 0.1) is 17.4 Å². The number of benzene rings is 9. The summed E-state index contributed by atoms with van der Waals surface area (Å²) < 4.78 is 0. The van der Waals surface area contributed by atoms with Gasteiger partial charge in [0.15, 0.2) is 0 Å². The normalized spacial score (nSPS) is 14.8. The van der Waals surface area contributed by atoms with Gasteiger partial charge in [-0.3, -0.25) is 4.98 Å². The molecule has 0 amide bonds. The maximum absolute atomic E-state index is 5.02. The van der Waals surface area contributed by atoms with Crippen molar-refractivity contribution in [3.8, 4) is 44.5 Å². The predicted molar refractivity (Wildman–Crippen MR) is 256 cm³/mol. The van der Waals surface area contributed by atoms with Crippen molar-refractivity contribution in [3.05, 3.63) is 224 Å². The average molecular weight is 779 g/mol. The summed E-state index contributed by atoms with van der Waals surface area (Å²) in [5, 5.41) is 16.7. The molecule has 1 aromatic heterocycles. The number of hydrazine groups is 1. The van der Waals surface area contributed by atoms with Crippen LogP contribution in [0.25, 0.3) is 93.2 Å². The first-order valence-corrected chi connectivity index (χ1v) is 20.8. The second kappa shape index (κ2) is 14.4. The Balaban J connectivity index is 0.868. The SMILES string of the molecule is C1=CC2=NN(c3ccc(-c4ccc(-c5cncc6ccccc56)c5ccccc45)cc3)NC2C=C1c1ccc2c(-c3ccccc3)c3ccccc3c(-c3ccccc3)c2c1. The third-order valence-corrected chi connectivity index (χ3v) is 12.4. The van der Waals surface area contributed by atoms with E-state index in [-0.39, 0.29) is 6.04 Å². The lowest BCUT2D eigenvalue weighted by molar-refractivity contribution is 0.700. The molecular weight excluding hydrogens is 741 g/mol. The smallest absolute Gasteiger partial charge is 0.0911 e. The number of nitrogens with zero attached hydrogens (tertiary/aromatic N) is 3. The van der Waals surface area contributed by atoms with Gasteiger partial charge in [0.2, 0.25) is 0 Å². The molecule has 286 valence electrons. The number of fused-ring (bicyclic) bond motifs is 5. The Kier molecular flexibility index (Phi) is 8.29. The third kappa shape index (κ3) is 5.96. The quantitative estimate of drug-likeness (QED) is 0.171. The number of rotatable bonds is 6. The Morgan fingerprint density at radius 2 is 0.984 bits per heavy atom. The standard InChI is InChI=1S/C57H38N4/c1-3-13-38(14-4-1)56-49-21-11-12-22-50(49)57(39-15-5-2-6-16-39)52-33-40(25-29-51(52)56)41-26-32-54-55(34-41)60-61(59-54)43-27-23-37(24-28-43)45-30-31-48(47-20-10-9-19-46(45)47)53-36-58-35-42-17-7-8-18-44(42)53/h1-36,55,60H. The molecule has 4 nitrogen and oxygen atoms in total. The molecule has 1 N–H and O–H groups in total. The molecule has 0 radical (unpaired) electrons. The summed E-state index contributed by atoms with van der Waals surface area (Å²) in [6, 6.07) is 67.7. The molecule has 1 unspecified atom stereocenters. The zero-order valence-electron chi connectivity index (χ0n) is 33.2. The molecule has 1 atom stereocenters. The van der Waals surface area contributed by atoms with Gasteiger partial charge in [-0.2, -0.15) is 15.6 Å². The van der Waals surface area contributed by atoms with E-state index in [1.807, 2.05) is 17.5 Å². The highest BCUT2D eigenvalue weighted by Gasteiger charge is 2.27. The molecule has 0 spiro atoms. The van der Waals surface area contributed by atoms with Gasteiger partial charge in [-0.25, -0.2) is 0 Å². The summed E-state index contributed by atoms with van der Waals surface area (Å²) in [7, 11) is 0. The van der Waals surface area contributed by atoms with Crippen molar-refractivity contribution >= 4 is 60.1 Å². The molecule has 61 heavy (non-hydrogen) atoms. The molecule has 1 aliphatic carbocycles. The second-order valence-electron chi connectivity index (χ2n) is 15.8. The Morgan fingerprint density at radius 3 is 1.70 bits per heavy atom. The lowest BCUT2D eigenvalue weighted by Gasteiger charge is -2.20. The predicted octanol–water partition coefficient (Wildman–Crippen LogP) is 14.1. The first-order chi connectivity index (χ1) is 30.2. The van der Waals surface area contributed by atoms with Crippen LogP contribution in [0.1, 0.15) is 5.56 Å². The van der Waals surface area contributed by atoms with Gasteiger partial charge < -0.3 is 0 Å². The second-order valence-corrected chi connectivity index (χ2v) is 15.8. The molecule has 2 aliphatic rings. The fraction of sp³-hybridized carbons (Fsp3) is 0.0175. The monoisotopic (exact) mass is 778 g/mol. The van der Waals surface area contributed by atoms with Crippen LogP contribution in [0.5, 0.6) is 0 Å². The van der Waals surface area contributed by atoms with Gasteiger partial charge in [-0.1, -0.05) is 182 Å². The maximum Gasteiger partial charge on any atom is 0.0911 e. The van der Waals surface area contributed by atoms with Crippen LogP contribution >= 0.6 is 0 Å². The van der Waals surface area contributed by atoms with Crippen molar-refractivity contribution in [1.82, 2.24) is 10.4 Å². The number of hydrazone groups is 1. The summed E-state index contributed by atoms with van der Waals surface area (Å²) in [6.07, 6.45) is 10.6. The Morgan fingerprint density at radius 1 is 0.410 bits per heavy atom. The van der Waals surface area contributed by atoms with Crippen molar-refractivity contribution in [2.24, 2.45) is 5.10 Å². The summed E-state index contributed by atoms with van der Waals surface area (Å²) in [6.45, 7) is 0. The lowest BCUT2D eigenvalue weighted by Crippen LogP contribution is -2.37. The Hall–Kier alpha value is -7.92. The number of nitrogens with one attached hydrogen (secondary N) is 1. The van der Waals surface area contributed by atoms with Crippen LogP contribution in [0.2, 0.25) is 0 Å². The maximum atomic E-state index is 5.02. The van der Waals surface area contributed by atoms with E-state index in [9.17, 15) is 0 Å². The minimum absolute atomic E-state index is 0.0551. The fourth-order valence-electron chi connectivity index (χ4n) is 9.49. The molecular formula is C57H38N4. The van der Waals surface area contributed by atoms with Gasteiger partial charge in [-0.05, 0) is 112 Å². The highest BCUT2D eigenvalue weighted by atomic mass is 15.7. The molecule has 0 bridgehead atoms. The zero-order chi connectivity index (χ0) is 40.3. The number of hydrogen-bond acceptors (Lipinski definition) is 4. The minimum Gasteiger partial charge on any atom is -0.263 e. The summed E-state index contributed by atoms with van der Waals surface area (Å²) >= 11 is 0. The molecule has 9 aromatic carbocycles. The van der Waals surface area contributed by atoms with Crippen LogP contribution in [0.15, 0.2) is 224 Å². The lowest BCUT2D eigenvalue weighted by atomic mass is 9.84. The van der Waals surface area contributed by atoms with E-state index in [0.29, 0.717) is 0 Å². The third-order valence-electron chi connectivity index (χ3n) is 12.4. The molecule has 0 saturated carbocycles. The zero-order valence-corrected chi connectivity index (χ0v) is 33.2. The van der Waals surface area contributed by atoms with Crippen molar-refractivity contribution in [2.45, 2.75) is 6.04 Å². The Labute approximate surface area is 354 Å². The van der Waals surface area contributed by atoms with E-state index >= 15 is 0 Å². The molecule has 0 fully saturated rings. The summed E-state index contributed by atoms with van der Waals surface area (Å²) in [5.74, 6) is 0. The molecule has 10 aromatic rings. The highest BCUT2D eigenvalue weighted by Crippen LogP contribution is 2.45.